The molecule has 4 aromatic rings. The van der Waals surface area contributed by atoms with Crippen LogP contribution in [-0.2, 0) is 17.9 Å². The SMILES string of the molecule is CC(NCCC(=O)N(Cc1ccc(OC(F)(F)F)cc1)Cc1ccc(OC(F)(F)F)cc1)c1cccc2ccccc12. The molecule has 222 valence electrons. The summed E-state index contributed by atoms with van der Waals surface area (Å²) in [6.07, 6.45) is -9.55. The van der Waals surface area contributed by atoms with Gasteiger partial charge in [-0.2, -0.15) is 0 Å². The molecule has 0 aliphatic heterocycles. The van der Waals surface area contributed by atoms with Gasteiger partial charge in [0, 0.05) is 32.1 Å². The summed E-state index contributed by atoms with van der Waals surface area (Å²) in [5.74, 6) is -1.04. The van der Waals surface area contributed by atoms with E-state index in [2.05, 4.69) is 14.8 Å². The van der Waals surface area contributed by atoms with Gasteiger partial charge in [0.05, 0.1) is 0 Å². The van der Waals surface area contributed by atoms with E-state index < -0.39 is 24.2 Å². The predicted molar refractivity (Wildman–Crippen MR) is 145 cm³/mol. The van der Waals surface area contributed by atoms with Crippen LogP contribution in [0.4, 0.5) is 26.3 Å². The Hall–Kier alpha value is -4.25. The number of alkyl halides is 6. The lowest BCUT2D eigenvalue weighted by atomic mass is 9.99. The number of benzene rings is 4. The Balaban J connectivity index is 1.44. The van der Waals surface area contributed by atoms with Crippen LogP contribution < -0.4 is 14.8 Å². The number of rotatable bonds is 11. The van der Waals surface area contributed by atoms with E-state index in [1.807, 2.05) is 49.4 Å². The molecule has 0 aliphatic carbocycles. The summed E-state index contributed by atoms with van der Waals surface area (Å²) in [5.41, 5.74) is 2.18. The Kier molecular flexibility index (Phi) is 9.62. The number of ether oxygens (including phenoxy) is 2. The summed E-state index contributed by atoms with van der Waals surface area (Å²) >= 11 is 0. The van der Waals surface area contributed by atoms with Crippen molar-refractivity contribution in [2.45, 2.75) is 45.2 Å². The van der Waals surface area contributed by atoms with Crippen molar-refractivity contribution in [1.29, 1.82) is 0 Å². The number of carbonyl (C=O) groups is 1. The van der Waals surface area contributed by atoms with Gasteiger partial charge >= 0.3 is 12.7 Å². The summed E-state index contributed by atoms with van der Waals surface area (Å²) in [4.78, 5) is 14.8. The molecular weight excluding hydrogens is 562 g/mol. The molecule has 5 nitrogen and oxygen atoms in total. The molecule has 4 rings (SSSR count). The fourth-order valence-electron chi connectivity index (χ4n) is 4.56. The van der Waals surface area contributed by atoms with Crippen LogP contribution in [0.1, 0.15) is 36.1 Å². The molecule has 0 spiro atoms. The van der Waals surface area contributed by atoms with E-state index in [1.54, 1.807) is 0 Å². The second kappa shape index (κ2) is 13.2. The first kappa shape index (κ1) is 30.7. The van der Waals surface area contributed by atoms with E-state index in [1.165, 1.54) is 29.2 Å². The van der Waals surface area contributed by atoms with Crippen molar-refractivity contribution in [1.82, 2.24) is 10.2 Å². The molecule has 0 saturated carbocycles. The molecule has 0 radical (unpaired) electrons. The highest BCUT2D eigenvalue weighted by Gasteiger charge is 2.31. The third-order valence-corrected chi connectivity index (χ3v) is 6.49. The molecule has 0 aliphatic rings. The molecule has 1 atom stereocenters. The zero-order valence-corrected chi connectivity index (χ0v) is 22.5. The number of hydrogen-bond acceptors (Lipinski definition) is 4. The molecule has 0 bridgehead atoms. The monoisotopic (exact) mass is 590 g/mol. The molecule has 0 saturated heterocycles. The van der Waals surface area contributed by atoms with Crippen LogP contribution in [-0.4, -0.2) is 30.1 Å². The molecule has 1 amide bonds. The minimum atomic E-state index is -4.83. The fraction of sp³-hybridized carbons (Fsp3) is 0.258. The number of hydrogen-bond donors (Lipinski definition) is 1. The minimum Gasteiger partial charge on any atom is -0.406 e. The number of amides is 1. The van der Waals surface area contributed by atoms with Gasteiger partial charge in [-0.05, 0) is 58.7 Å². The summed E-state index contributed by atoms with van der Waals surface area (Å²) in [6.45, 7) is 2.46. The molecule has 1 N–H and O–H groups in total. The Morgan fingerprint density at radius 2 is 1.24 bits per heavy atom. The van der Waals surface area contributed by atoms with Gasteiger partial charge in [0.2, 0.25) is 5.91 Å². The van der Waals surface area contributed by atoms with Crippen LogP contribution in [0.3, 0.4) is 0 Å². The topological polar surface area (TPSA) is 50.8 Å². The summed E-state index contributed by atoms with van der Waals surface area (Å²) < 4.78 is 83.0. The van der Waals surface area contributed by atoms with E-state index in [9.17, 15) is 31.1 Å². The average molecular weight is 591 g/mol. The molecule has 1 unspecified atom stereocenters. The number of halogens is 6. The molecule has 4 aromatic carbocycles. The van der Waals surface area contributed by atoms with Crippen LogP contribution in [0.25, 0.3) is 10.8 Å². The van der Waals surface area contributed by atoms with Gasteiger partial charge in [0.1, 0.15) is 11.5 Å². The van der Waals surface area contributed by atoms with Crippen LogP contribution in [0, 0.1) is 0 Å². The fourth-order valence-corrected chi connectivity index (χ4v) is 4.56. The van der Waals surface area contributed by atoms with Crippen molar-refractivity contribution in [3.63, 3.8) is 0 Å². The highest BCUT2D eigenvalue weighted by atomic mass is 19.4. The minimum absolute atomic E-state index is 0.0558. The standard InChI is InChI=1S/C31H28F6N2O3/c1-21(27-8-4-6-24-5-2-3-7-28(24)27)38-18-17-29(40)39(19-22-9-13-25(14-10-22)41-30(32,33)34)20-23-11-15-26(16-12-23)42-31(35,36)37/h2-16,21,38H,17-20H2,1H3. The lowest BCUT2D eigenvalue weighted by Crippen LogP contribution is -2.33. The largest absolute Gasteiger partial charge is 0.573 e. The van der Waals surface area contributed by atoms with E-state index >= 15 is 0 Å². The summed E-state index contributed by atoms with van der Waals surface area (Å²) in [7, 11) is 0. The maximum atomic E-state index is 13.3. The quantitative estimate of drug-likeness (QED) is 0.181. The number of nitrogens with one attached hydrogen (secondary N) is 1. The van der Waals surface area contributed by atoms with Crippen LogP contribution in [0.2, 0.25) is 0 Å². The third kappa shape index (κ3) is 9.13. The van der Waals surface area contributed by atoms with Gasteiger partial charge in [0.15, 0.2) is 0 Å². The third-order valence-electron chi connectivity index (χ3n) is 6.49. The molecule has 11 heteroatoms. The van der Waals surface area contributed by atoms with Crippen molar-refractivity contribution >= 4 is 16.7 Å². The molecule has 42 heavy (non-hydrogen) atoms. The van der Waals surface area contributed by atoms with Gasteiger partial charge < -0.3 is 19.7 Å². The first-order valence-corrected chi connectivity index (χ1v) is 13.0. The van der Waals surface area contributed by atoms with E-state index in [0.29, 0.717) is 17.7 Å². The summed E-state index contributed by atoms with van der Waals surface area (Å²) in [6, 6.07) is 24.2. The Labute approximate surface area is 238 Å². The first-order valence-electron chi connectivity index (χ1n) is 13.0. The van der Waals surface area contributed by atoms with Crippen molar-refractivity contribution < 1.29 is 40.6 Å². The second-order valence-electron chi connectivity index (χ2n) is 9.63. The number of carbonyl (C=O) groups excluding carboxylic acids is 1. The number of nitrogens with zero attached hydrogens (tertiary/aromatic N) is 1. The maximum absolute atomic E-state index is 13.3. The van der Waals surface area contributed by atoms with Gasteiger partial charge in [0.25, 0.3) is 0 Å². The van der Waals surface area contributed by atoms with Gasteiger partial charge in [-0.15, -0.1) is 26.3 Å². The van der Waals surface area contributed by atoms with Crippen LogP contribution in [0.15, 0.2) is 91.0 Å². The average Bonchev–Trinajstić information content (AvgIpc) is 2.92. The Bertz CT molecular complexity index is 1400. The lowest BCUT2D eigenvalue weighted by Gasteiger charge is -2.24. The molecule has 0 heterocycles. The van der Waals surface area contributed by atoms with Crippen molar-refractivity contribution in [2.75, 3.05) is 6.54 Å². The van der Waals surface area contributed by atoms with Gasteiger partial charge in [-0.25, -0.2) is 0 Å². The Morgan fingerprint density at radius 1 is 0.738 bits per heavy atom. The van der Waals surface area contributed by atoms with Crippen LogP contribution in [0.5, 0.6) is 11.5 Å². The van der Waals surface area contributed by atoms with E-state index in [0.717, 1.165) is 40.6 Å². The molecule has 0 fully saturated rings. The van der Waals surface area contributed by atoms with Gasteiger partial charge in [-0.1, -0.05) is 66.7 Å². The van der Waals surface area contributed by atoms with Crippen molar-refractivity contribution in [3.05, 3.63) is 108 Å². The van der Waals surface area contributed by atoms with Crippen molar-refractivity contribution in [3.8, 4) is 11.5 Å². The lowest BCUT2D eigenvalue weighted by molar-refractivity contribution is -0.275. The predicted octanol–water partition coefficient (Wildman–Crippen LogP) is 7.91. The highest BCUT2D eigenvalue weighted by molar-refractivity contribution is 5.86. The van der Waals surface area contributed by atoms with Crippen LogP contribution >= 0.6 is 0 Å². The smallest absolute Gasteiger partial charge is 0.406 e. The maximum Gasteiger partial charge on any atom is 0.573 e. The first-order chi connectivity index (χ1) is 19.9. The van der Waals surface area contributed by atoms with Gasteiger partial charge in [-0.3, -0.25) is 4.79 Å². The van der Waals surface area contributed by atoms with Crippen molar-refractivity contribution in [2.24, 2.45) is 0 Å². The normalized spacial score (nSPS) is 12.6. The summed E-state index contributed by atoms with van der Waals surface area (Å²) in [5, 5.41) is 5.57. The van der Waals surface area contributed by atoms with E-state index in [4.69, 9.17) is 0 Å². The second-order valence-corrected chi connectivity index (χ2v) is 9.63. The highest BCUT2D eigenvalue weighted by Crippen LogP contribution is 2.26. The number of fused-ring (bicyclic) bond motifs is 1. The van der Waals surface area contributed by atoms with E-state index in [-0.39, 0.29) is 31.5 Å². The zero-order chi connectivity index (χ0) is 30.3. The Morgan fingerprint density at radius 3 is 1.76 bits per heavy atom. The molecular formula is C31H28F6N2O3. The molecule has 0 aromatic heterocycles. The zero-order valence-electron chi connectivity index (χ0n) is 22.5.